The van der Waals surface area contributed by atoms with Gasteiger partial charge in [-0.15, -0.1) is 0 Å². The topological polar surface area (TPSA) is 42.2 Å². The lowest BCUT2D eigenvalue weighted by Crippen LogP contribution is -2.41. The van der Waals surface area contributed by atoms with Crippen LogP contribution in [-0.2, 0) is 16.8 Å². The van der Waals surface area contributed by atoms with Crippen LogP contribution in [0.1, 0.15) is 63.3 Å². The molecule has 0 aliphatic rings. The maximum Gasteiger partial charge on any atom is 0.407 e. The van der Waals surface area contributed by atoms with Crippen molar-refractivity contribution in [1.82, 2.24) is 5.32 Å². The van der Waals surface area contributed by atoms with Crippen LogP contribution < -0.4 is 9.88 Å². The first-order valence-corrected chi connectivity index (χ1v) is 10.5. The second-order valence-corrected chi connectivity index (χ2v) is 8.20. The second kappa shape index (κ2) is 10.8. The molecule has 0 bridgehead atoms. The Morgan fingerprint density at radius 2 is 1.86 bits per heavy atom. The first kappa shape index (κ1) is 22.7. The lowest BCUT2D eigenvalue weighted by Gasteiger charge is -2.27. The molecule has 1 aromatic heterocycles. The summed E-state index contributed by atoms with van der Waals surface area (Å²) in [4.78, 5) is 12.2. The van der Waals surface area contributed by atoms with Crippen molar-refractivity contribution in [2.75, 3.05) is 6.61 Å². The van der Waals surface area contributed by atoms with Crippen molar-refractivity contribution in [2.24, 2.45) is 0 Å². The van der Waals surface area contributed by atoms with Gasteiger partial charge in [-0.1, -0.05) is 36.4 Å². The minimum Gasteiger partial charge on any atom is -0.450 e. The Labute approximate surface area is 175 Å². The Kier molecular flexibility index (Phi) is 8.44. The molecule has 156 valence electrons. The van der Waals surface area contributed by atoms with Crippen LogP contribution >= 0.6 is 0 Å². The van der Waals surface area contributed by atoms with E-state index in [-0.39, 0.29) is 6.09 Å². The first-order chi connectivity index (χ1) is 13.8. The normalized spacial score (nSPS) is 11.2. The average Bonchev–Trinajstić information content (AvgIpc) is 2.68. The van der Waals surface area contributed by atoms with Crippen LogP contribution in [0, 0.1) is 6.92 Å². The Morgan fingerprint density at radius 3 is 2.59 bits per heavy atom. The van der Waals surface area contributed by atoms with Crippen molar-refractivity contribution in [2.45, 2.75) is 65.5 Å². The highest BCUT2D eigenvalue weighted by Crippen LogP contribution is 2.23. The fraction of sp³-hybridized carbons (Fsp3) is 0.440. The fourth-order valence-electron chi connectivity index (χ4n) is 3.25. The Bertz CT molecular complexity index is 827. The summed E-state index contributed by atoms with van der Waals surface area (Å²) >= 11 is 0. The standard InChI is InChI=1S/C25H34N2O2/c1-20(2)22-14-12-15-23(19-22)25(4,5)26-24(28)29-18-11-7-6-9-16-27-17-10-8-13-21(27)3/h8,10,12-15,17,19H,1,6-7,9,11,16,18H2,2-5H3/p+1. The SMILES string of the molecule is C=C(C)c1cccc(C(C)(C)NC(=O)OCCCCCC[n+]2ccccc2C)c1. The summed E-state index contributed by atoms with van der Waals surface area (Å²) in [6, 6.07) is 14.3. The smallest absolute Gasteiger partial charge is 0.407 e. The molecule has 0 aliphatic heterocycles. The number of rotatable bonds is 10. The first-order valence-electron chi connectivity index (χ1n) is 10.5. The number of aromatic nitrogens is 1. The van der Waals surface area contributed by atoms with Gasteiger partial charge in [0.25, 0.3) is 0 Å². The molecule has 2 aromatic rings. The van der Waals surface area contributed by atoms with Gasteiger partial charge in [0.2, 0.25) is 0 Å². The molecule has 1 heterocycles. The lowest BCUT2D eigenvalue weighted by molar-refractivity contribution is -0.703. The third kappa shape index (κ3) is 7.37. The van der Waals surface area contributed by atoms with Gasteiger partial charge < -0.3 is 10.1 Å². The third-order valence-corrected chi connectivity index (χ3v) is 5.19. The molecule has 2 rings (SSSR count). The van der Waals surface area contributed by atoms with Crippen molar-refractivity contribution >= 4 is 11.7 Å². The number of amides is 1. The zero-order valence-electron chi connectivity index (χ0n) is 18.3. The van der Waals surface area contributed by atoms with Gasteiger partial charge in [-0.2, -0.15) is 0 Å². The summed E-state index contributed by atoms with van der Waals surface area (Å²) in [5, 5.41) is 2.97. The molecule has 29 heavy (non-hydrogen) atoms. The van der Waals surface area contributed by atoms with E-state index in [1.165, 1.54) is 5.69 Å². The number of aryl methyl sites for hydroxylation is 2. The highest BCUT2D eigenvalue weighted by atomic mass is 16.5. The molecule has 0 spiro atoms. The number of nitrogens with one attached hydrogen (secondary N) is 1. The molecule has 4 nitrogen and oxygen atoms in total. The minimum atomic E-state index is -0.507. The summed E-state index contributed by atoms with van der Waals surface area (Å²) < 4.78 is 7.66. The van der Waals surface area contributed by atoms with E-state index >= 15 is 0 Å². The van der Waals surface area contributed by atoms with Gasteiger partial charge in [-0.05, 0) is 57.2 Å². The Morgan fingerprint density at radius 1 is 1.10 bits per heavy atom. The van der Waals surface area contributed by atoms with Crippen LogP contribution in [0.2, 0.25) is 0 Å². The van der Waals surface area contributed by atoms with E-state index < -0.39 is 5.54 Å². The van der Waals surface area contributed by atoms with Crippen molar-refractivity contribution < 1.29 is 14.1 Å². The zero-order valence-corrected chi connectivity index (χ0v) is 18.3. The quantitative estimate of drug-likeness (QED) is 0.424. The molecule has 0 radical (unpaired) electrons. The maximum absolute atomic E-state index is 12.2. The predicted molar refractivity (Wildman–Crippen MR) is 119 cm³/mol. The van der Waals surface area contributed by atoms with Crippen molar-refractivity contribution in [3.63, 3.8) is 0 Å². The molecule has 0 aliphatic carbocycles. The van der Waals surface area contributed by atoms with Crippen molar-refractivity contribution in [3.05, 3.63) is 72.1 Å². The number of allylic oxidation sites excluding steroid dienone is 1. The zero-order chi connectivity index (χ0) is 21.3. The van der Waals surface area contributed by atoms with E-state index in [2.05, 4.69) is 53.8 Å². The van der Waals surface area contributed by atoms with Crippen LogP contribution in [0.4, 0.5) is 4.79 Å². The molecule has 0 saturated heterocycles. The van der Waals surface area contributed by atoms with E-state index in [1.807, 2.05) is 39.0 Å². The highest BCUT2D eigenvalue weighted by Gasteiger charge is 2.23. The third-order valence-electron chi connectivity index (χ3n) is 5.19. The van der Waals surface area contributed by atoms with E-state index in [0.717, 1.165) is 48.9 Å². The van der Waals surface area contributed by atoms with Crippen molar-refractivity contribution in [3.8, 4) is 0 Å². The van der Waals surface area contributed by atoms with Crippen LogP contribution in [0.25, 0.3) is 5.57 Å². The number of carbonyl (C=O) groups excluding carboxylic acids is 1. The van der Waals surface area contributed by atoms with Gasteiger partial charge in [0.05, 0.1) is 12.1 Å². The molecule has 0 fully saturated rings. The average molecular weight is 396 g/mol. The maximum atomic E-state index is 12.2. The van der Waals surface area contributed by atoms with E-state index in [1.54, 1.807) is 0 Å². The Hall–Kier alpha value is -2.62. The number of pyridine rings is 1. The van der Waals surface area contributed by atoms with Crippen LogP contribution in [0.15, 0.2) is 55.2 Å². The number of benzene rings is 1. The van der Waals surface area contributed by atoms with Gasteiger partial charge in [0.1, 0.15) is 6.54 Å². The monoisotopic (exact) mass is 395 g/mol. The highest BCUT2D eigenvalue weighted by molar-refractivity contribution is 5.69. The van der Waals surface area contributed by atoms with Crippen LogP contribution in [-0.4, -0.2) is 12.7 Å². The number of ether oxygens (including phenoxy) is 1. The molecule has 1 aromatic carbocycles. The predicted octanol–water partition coefficient (Wildman–Crippen LogP) is 5.54. The van der Waals surface area contributed by atoms with Crippen LogP contribution in [0.5, 0.6) is 0 Å². The van der Waals surface area contributed by atoms with Gasteiger partial charge >= 0.3 is 6.09 Å². The molecule has 0 atom stereocenters. The number of unbranched alkanes of at least 4 members (excludes halogenated alkanes) is 3. The van der Waals surface area contributed by atoms with Gasteiger partial charge in [-0.3, -0.25) is 0 Å². The van der Waals surface area contributed by atoms with Gasteiger partial charge in [0.15, 0.2) is 11.9 Å². The number of hydrogen-bond donors (Lipinski definition) is 1. The fourth-order valence-corrected chi connectivity index (χ4v) is 3.25. The molecule has 0 unspecified atom stereocenters. The van der Waals surface area contributed by atoms with Crippen LogP contribution in [0.3, 0.4) is 0 Å². The largest absolute Gasteiger partial charge is 0.450 e. The summed E-state index contributed by atoms with van der Waals surface area (Å²) in [5.74, 6) is 0. The summed E-state index contributed by atoms with van der Waals surface area (Å²) in [7, 11) is 0. The molecular weight excluding hydrogens is 360 g/mol. The van der Waals surface area contributed by atoms with Gasteiger partial charge in [0, 0.05) is 25.5 Å². The van der Waals surface area contributed by atoms with E-state index in [0.29, 0.717) is 6.61 Å². The Balaban J connectivity index is 1.67. The molecule has 4 heteroatoms. The van der Waals surface area contributed by atoms with Gasteiger partial charge in [-0.25, -0.2) is 9.36 Å². The van der Waals surface area contributed by atoms with E-state index in [4.69, 9.17) is 4.74 Å². The molecule has 0 saturated carbocycles. The summed E-state index contributed by atoms with van der Waals surface area (Å²) in [6.07, 6.45) is 5.96. The number of hydrogen-bond acceptors (Lipinski definition) is 2. The number of nitrogens with zero attached hydrogens (tertiary/aromatic N) is 1. The lowest BCUT2D eigenvalue weighted by atomic mass is 9.92. The molecule has 1 amide bonds. The second-order valence-electron chi connectivity index (χ2n) is 8.20. The summed E-state index contributed by atoms with van der Waals surface area (Å²) in [5.41, 5.74) is 3.89. The van der Waals surface area contributed by atoms with E-state index in [9.17, 15) is 4.79 Å². The number of carbonyl (C=O) groups is 1. The minimum absolute atomic E-state index is 0.369. The molecule has 1 N–H and O–H groups in total. The molecular formula is C25H35N2O2+. The summed E-state index contributed by atoms with van der Waals surface area (Å²) in [6.45, 7) is 13.5. The number of alkyl carbamates (subject to hydrolysis) is 1. The van der Waals surface area contributed by atoms with Crippen molar-refractivity contribution in [1.29, 1.82) is 0 Å².